The van der Waals surface area contributed by atoms with E-state index < -0.39 is 6.86 Å². The average molecular weight is 271 g/mol. The molecule has 1 aliphatic rings. The van der Waals surface area contributed by atoms with Crippen molar-refractivity contribution in [3.63, 3.8) is 0 Å². The van der Waals surface area contributed by atoms with Gasteiger partial charge in [0.25, 0.3) is 0 Å². The highest BCUT2D eigenvalue weighted by Gasteiger charge is 2.25. The number of hydrogen-bond acceptors (Lipinski definition) is 2. The summed E-state index contributed by atoms with van der Waals surface area (Å²) in [5, 5.41) is 0. The fourth-order valence-electron chi connectivity index (χ4n) is 2.94. The summed E-state index contributed by atoms with van der Waals surface area (Å²) in [6.07, 6.45) is 1.09. The predicted molar refractivity (Wildman–Crippen MR) is 77.7 cm³/mol. The molecule has 2 aromatic rings. The maximum absolute atomic E-state index is 12.2. The molecule has 3 rings (SSSR count). The van der Waals surface area contributed by atoms with Crippen molar-refractivity contribution < 1.29 is 9.13 Å². The van der Waals surface area contributed by atoms with Gasteiger partial charge in [-0.1, -0.05) is 36.4 Å². The molecule has 1 atom stereocenters. The second-order valence-corrected chi connectivity index (χ2v) is 5.15. The highest BCUT2D eigenvalue weighted by Crippen LogP contribution is 2.34. The second-order valence-electron chi connectivity index (χ2n) is 5.15. The van der Waals surface area contributed by atoms with Crippen LogP contribution in [0.1, 0.15) is 22.7 Å². The topological polar surface area (TPSA) is 12.5 Å². The monoisotopic (exact) mass is 271 g/mol. The maximum Gasteiger partial charge on any atom is 0.228 e. The molecular formula is C17H18FNO. The van der Waals surface area contributed by atoms with Crippen molar-refractivity contribution in [2.45, 2.75) is 12.5 Å². The minimum atomic E-state index is -0.786. The average Bonchev–Trinajstić information content (AvgIpc) is 2.49. The molecule has 3 heteroatoms. The highest BCUT2D eigenvalue weighted by atomic mass is 19.1. The zero-order valence-corrected chi connectivity index (χ0v) is 11.6. The molecule has 0 spiro atoms. The lowest BCUT2D eigenvalue weighted by Gasteiger charge is -2.35. The SMILES string of the molecule is CN1CCc2ccccc2C1c1ccc(OCF)cc1. The third-order valence-electron chi connectivity index (χ3n) is 3.94. The van der Waals surface area contributed by atoms with E-state index in [9.17, 15) is 4.39 Å². The third-order valence-corrected chi connectivity index (χ3v) is 3.94. The number of rotatable bonds is 3. The van der Waals surface area contributed by atoms with Gasteiger partial charge in [-0.15, -0.1) is 0 Å². The van der Waals surface area contributed by atoms with Crippen LogP contribution in [0, 0.1) is 0 Å². The zero-order valence-electron chi connectivity index (χ0n) is 11.6. The van der Waals surface area contributed by atoms with E-state index in [2.05, 4.69) is 36.2 Å². The van der Waals surface area contributed by atoms with Gasteiger partial charge in [-0.25, -0.2) is 4.39 Å². The van der Waals surface area contributed by atoms with Crippen LogP contribution in [0.5, 0.6) is 5.75 Å². The van der Waals surface area contributed by atoms with Gasteiger partial charge in [0.2, 0.25) is 6.86 Å². The van der Waals surface area contributed by atoms with Crippen molar-refractivity contribution in [2.24, 2.45) is 0 Å². The van der Waals surface area contributed by atoms with Crippen LogP contribution in [0.2, 0.25) is 0 Å². The zero-order chi connectivity index (χ0) is 13.9. The molecule has 0 aliphatic carbocycles. The Kier molecular flexibility index (Phi) is 3.70. The Morgan fingerprint density at radius 2 is 1.90 bits per heavy atom. The first-order valence-corrected chi connectivity index (χ1v) is 6.86. The molecule has 20 heavy (non-hydrogen) atoms. The van der Waals surface area contributed by atoms with Crippen molar-refractivity contribution in [3.05, 3.63) is 65.2 Å². The lowest BCUT2D eigenvalue weighted by molar-refractivity contribution is 0.191. The molecule has 0 amide bonds. The van der Waals surface area contributed by atoms with Crippen LogP contribution in [0.25, 0.3) is 0 Å². The van der Waals surface area contributed by atoms with Gasteiger partial charge >= 0.3 is 0 Å². The van der Waals surface area contributed by atoms with E-state index in [0.29, 0.717) is 5.75 Å². The molecule has 0 saturated carbocycles. The van der Waals surface area contributed by atoms with Crippen LogP contribution < -0.4 is 4.74 Å². The number of nitrogens with zero attached hydrogens (tertiary/aromatic N) is 1. The Morgan fingerprint density at radius 1 is 1.15 bits per heavy atom. The molecule has 2 aromatic carbocycles. The van der Waals surface area contributed by atoms with E-state index in [1.54, 1.807) is 0 Å². The number of alkyl halides is 1. The molecule has 0 N–H and O–H groups in total. The second kappa shape index (κ2) is 5.63. The summed E-state index contributed by atoms with van der Waals surface area (Å²) in [6, 6.07) is 16.6. The quantitative estimate of drug-likeness (QED) is 0.846. The molecule has 0 bridgehead atoms. The minimum Gasteiger partial charge on any atom is -0.463 e. The number of likely N-dealkylation sites (N-methyl/N-ethyl adjacent to an activating group) is 1. The molecule has 2 nitrogen and oxygen atoms in total. The molecule has 0 aromatic heterocycles. The van der Waals surface area contributed by atoms with Crippen molar-refractivity contribution in [2.75, 3.05) is 20.5 Å². The molecule has 0 saturated heterocycles. The van der Waals surface area contributed by atoms with Gasteiger partial charge in [-0.05, 0) is 42.3 Å². The maximum atomic E-state index is 12.2. The largest absolute Gasteiger partial charge is 0.463 e. The Hall–Kier alpha value is -1.87. The van der Waals surface area contributed by atoms with Crippen LogP contribution in [-0.2, 0) is 6.42 Å². The summed E-state index contributed by atoms with van der Waals surface area (Å²) >= 11 is 0. The van der Waals surface area contributed by atoms with Crippen molar-refractivity contribution in [3.8, 4) is 5.75 Å². The van der Waals surface area contributed by atoms with Crippen molar-refractivity contribution in [1.29, 1.82) is 0 Å². The molecule has 1 aliphatic heterocycles. The van der Waals surface area contributed by atoms with Gasteiger partial charge in [0.1, 0.15) is 5.75 Å². The summed E-state index contributed by atoms with van der Waals surface area (Å²) in [4.78, 5) is 2.35. The van der Waals surface area contributed by atoms with E-state index in [-0.39, 0.29) is 6.04 Å². The summed E-state index contributed by atoms with van der Waals surface area (Å²) in [5.74, 6) is 0.572. The predicted octanol–water partition coefficient (Wildman–Crippen LogP) is 3.57. The Labute approximate surface area is 118 Å². The van der Waals surface area contributed by atoms with Crippen LogP contribution in [0.3, 0.4) is 0 Å². The summed E-state index contributed by atoms with van der Waals surface area (Å²) in [7, 11) is 2.15. The minimum absolute atomic E-state index is 0.263. The third kappa shape index (κ3) is 2.41. The van der Waals surface area contributed by atoms with E-state index in [4.69, 9.17) is 4.74 Å². The van der Waals surface area contributed by atoms with Gasteiger partial charge in [0.05, 0.1) is 6.04 Å². The first-order chi connectivity index (χ1) is 9.79. The molecule has 1 heterocycles. The summed E-state index contributed by atoms with van der Waals surface area (Å²) in [5.41, 5.74) is 3.99. The molecule has 104 valence electrons. The van der Waals surface area contributed by atoms with Gasteiger partial charge in [0, 0.05) is 6.54 Å². The van der Waals surface area contributed by atoms with Crippen molar-refractivity contribution in [1.82, 2.24) is 4.90 Å². The highest BCUT2D eigenvalue weighted by molar-refractivity contribution is 5.41. The standard InChI is InChI=1S/C17H18FNO/c1-19-11-10-13-4-2-3-5-16(13)17(19)14-6-8-15(9-7-14)20-12-18/h2-9,17H,10-12H2,1H3. The van der Waals surface area contributed by atoms with Gasteiger partial charge in [-0.2, -0.15) is 0 Å². The number of ether oxygens (including phenoxy) is 1. The molecule has 0 radical (unpaired) electrons. The molecule has 1 unspecified atom stereocenters. The van der Waals surface area contributed by atoms with E-state index in [1.807, 2.05) is 24.3 Å². The Morgan fingerprint density at radius 3 is 2.65 bits per heavy atom. The first kappa shape index (κ1) is 13.1. The van der Waals surface area contributed by atoms with E-state index in [0.717, 1.165) is 13.0 Å². The summed E-state index contributed by atoms with van der Waals surface area (Å²) in [6.45, 7) is 0.260. The molecule has 0 fully saturated rings. The van der Waals surface area contributed by atoms with Gasteiger partial charge in [0.15, 0.2) is 0 Å². The number of hydrogen-bond donors (Lipinski definition) is 0. The van der Waals surface area contributed by atoms with Crippen LogP contribution in [0.15, 0.2) is 48.5 Å². The Balaban J connectivity index is 1.96. The fourth-order valence-corrected chi connectivity index (χ4v) is 2.94. The fraction of sp³-hybridized carbons (Fsp3) is 0.294. The number of benzene rings is 2. The lowest BCUT2D eigenvalue weighted by atomic mass is 9.88. The first-order valence-electron chi connectivity index (χ1n) is 6.86. The Bertz CT molecular complexity index is 582. The van der Waals surface area contributed by atoms with E-state index >= 15 is 0 Å². The van der Waals surface area contributed by atoms with Gasteiger partial charge in [-0.3, -0.25) is 4.90 Å². The normalized spacial score (nSPS) is 18.6. The van der Waals surface area contributed by atoms with E-state index in [1.165, 1.54) is 16.7 Å². The number of fused-ring (bicyclic) bond motifs is 1. The molecular weight excluding hydrogens is 253 g/mol. The number of halogens is 1. The van der Waals surface area contributed by atoms with Crippen molar-refractivity contribution >= 4 is 0 Å². The van der Waals surface area contributed by atoms with Crippen LogP contribution >= 0.6 is 0 Å². The smallest absolute Gasteiger partial charge is 0.228 e. The summed E-state index contributed by atoms with van der Waals surface area (Å²) < 4.78 is 17.0. The van der Waals surface area contributed by atoms with Gasteiger partial charge < -0.3 is 4.74 Å². The van der Waals surface area contributed by atoms with Crippen LogP contribution in [-0.4, -0.2) is 25.4 Å². The lowest BCUT2D eigenvalue weighted by Crippen LogP contribution is -2.32. The van der Waals surface area contributed by atoms with Crippen LogP contribution in [0.4, 0.5) is 4.39 Å².